The molecule has 0 aliphatic heterocycles. The van der Waals surface area contributed by atoms with E-state index in [0.717, 1.165) is 12.8 Å². The summed E-state index contributed by atoms with van der Waals surface area (Å²) in [7, 11) is 0. The molecule has 6 heteroatoms. The van der Waals surface area contributed by atoms with E-state index < -0.39 is 0 Å². The van der Waals surface area contributed by atoms with E-state index in [0.29, 0.717) is 11.1 Å². The van der Waals surface area contributed by atoms with Crippen molar-refractivity contribution in [1.82, 2.24) is 15.1 Å². The van der Waals surface area contributed by atoms with Gasteiger partial charge in [-0.2, -0.15) is 5.10 Å². The summed E-state index contributed by atoms with van der Waals surface area (Å²) >= 11 is 5.79. The second kappa shape index (κ2) is 6.09. The molecule has 1 aromatic rings. The molecular weight excluding hydrogens is 252 g/mol. The van der Waals surface area contributed by atoms with Crippen LogP contribution in [0.4, 0.5) is 5.82 Å². The molecule has 1 amide bonds. The van der Waals surface area contributed by atoms with Crippen molar-refractivity contribution in [3.05, 3.63) is 11.2 Å². The monoisotopic (exact) mass is 270 g/mol. The van der Waals surface area contributed by atoms with Gasteiger partial charge in [-0.3, -0.25) is 9.48 Å². The van der Waals surface area contributed by atoms with E-state index >= 15 is 0 Å². The number of anilines is 1. The topological polar surface area (TPSA) is 72.9 Å². The molecule has 1 heterocycles. The molecule has 3 N–H and O–H groups in total. The first-order valence-corrected chi connectivity index (χ1v) is 6.81. The van der Waals surface area contributed by atoms with Gasteiger partial charge in [-0.05, 0) is 12.8 Å². The maximum Gasteiger partial charge on any atom is 0.241 e. The van der Waals surface area contributed by atoms with Gasteiger partial charge in [0.1, 0.15) is 11.6 Å². The number of nitrogen functional groups attached to an aromatic ring is 1. The second-order valence-corrected chi connectivity index (χ2v) is 5.22. The van der Waals surface area contributed by atoms with Crippen LogP contribution in [0.5, 0.6) is 0 Å². The molecule has 18 heavy (non-hydrogen) atoms. The van der Waals surface area contributed by atoms with Crippen LogP contribution in [0.3, 0.4) is 0 Å². The first kappa shape index (κ1) is 13.2. The Morgan fingerprint density at radius 2 is 2.11 bits per heavy atom. The Balaban J connectivity index is 1.84. The Labute approximate surface area is 112 Å². The molecule has 0 atom stereocenters. The van der Waals surface area contributed by atoms with E-state index in [-0.39, 0.29) is 18.3 Å². The highest BCUT2D eigenvalue weighted by Crippen LogP contribution is 2.17. The van der Waals surface area contributed by atoms with Gasteiger partial charge in [0, 0.05) is 12.2 Å². The van der Waals surface area contributed by atoms with Crippen molar-refractivity contribution in [2.45, 2.75) is 51.1 Å². The molecule has 5 nitrogen and oxygen atoms in total. The largest absolute Gasteiger partial charge is 0.381 e. The molecule has 1 fully saturated rings. The average molecular weight is 271 g/mol. The maximum atomic E-state index is 11.9. The number of nitrogens with one attached hydrogen (secondary N) is 1. The summed E-state index contributed by atoms with van der Waals surface area (Å²) in [6.45, 7) is 0.174. The lowest BCUT2D eigenvalue weighted by molar-refractivity contribution is -0.122. The van der Waals surface area contributed by atoms with Crippen LogP contribution < -0.4 is 11.1 Å². The van der Waals surface area contributed by atoms with Gasteiger partial charge in [-0.25, -0.2) is 0 Å². The van der Waals surface area contributed by atoms with Crippen LogP contribution in [0, 0.1) is 0 Å². The highest BCUT2D eigenvalue weighted by molar-refractivity contribution is 6.32. The van der Waals surface area contributed by atoms with Gasteiger partial charge in [0.15, 0.2) is 5.82 Å². The molecule has 1 saturated carbocycles. The van der Waals surface area contributed by atoms with Crippen molar-refractivity contribution < 1.29 is 4.79 Å². The van der Waals surface area contributed by atoms with Crippen LogP contribution in [0.15, 0.2) is 6.20 Å². The van der Waals surface area contributed by atoms with Crippen molar-refractivity contribution in [2.75, 3.05) is 5.73 Å². The van der Waals surface area contributed by atoms with Gasteiger partial charge in [-0.15, -0.1) is 0 Å². The molecule has 1 aromatic heterocycles. The molecular formula is C12H19ClN4O. The first-order chi connectivity index (χ1) is 8.65. The predicted octanol–water partition coefficient (Wildman–Crippen LogP) is 1.96. The highest BCUT2D eigenvalue weighted by Gasteiger charge is 2.15. The third-order valence-corrected chi connectivity index (χ3v) is 3.56. The van der Waals surface area contributed by atoms with Gasteiger partial charge in [-0.1, -0.05) is 37.3 Å². The predicted molar refractivity (Wildman–Crippen MR) is 71.3 cm³/mol. The minimum absolute atomic E-state index is 0.0268. The highest BCUT2D eigenvalue weighted by atomic mass is 35.5. The molecule has 0 unspecified atom stereocenters. The lowest BCUT2D eigenvalue weighted by atomic mass is 10.1. The average Bonchev–Trinajstić information content (AvgIpc) is 2.55. The number of aromatic nitrogens is 2. The van der Waals surface area contributed by atoms with Crippen LogP contribution in [-0.2, 0) is 11.3 Å². The summed E-state index contributed by atoms with van der Waals surface area (Å²) in [5.41, 5.74) is 5.53. The number of carbonyl (C=O) groups excluding carboxylic acids is 1. The third-order valence-electron chi connectivity index (χ3n) is 3.27. The lowest BCUT2D eigenvalue weighted by Gasteiger charge is -2.16. The molecule has 100 valence electrons. The molecule has 1 aliphatic carbocycles. The van der Waals surface area contributed by atoms with E-state index in [4.69, 9.17) is 17.3 Å². The maximum absolute atomic E-state index is 11.9. The second-order valence-electron chi connectivity index (χ2n) is 4.82. The molecule has 1 aliphatic rings. The standard InChI is InChI=1S/C12H19ClN4O/c13-10-7-17(16-12(10)14)8-11(18)15-9-5-3-1-2-4-6-9/h7,9H,1-6,8H2,(H2,14,16)(H,15,18). The number of hydrogen-bond acceptors (Lipinski definition) is 3. The Bertz CT molecular complexity index is 391. The Hall–Kier alpha value is -1.23. The SMILES string of the molecule is Nc1nn(CC(=O)NC2CCCCCC2)cc1Cl. The van der Waals surface area contributed by atoms with Gasteiger partial charge in [0.05, 0.1) is 0 Å². The fourth-order valence-electron chi connectivity index (χ4n) is 2.34. The summed E-state index contributed by atoms with van der Waals surface area (Å²) in [5, 5.41) is 7.40. The molecule has 0 bridgehead atoms. The number of amides is 1. The third kappa shape index (κ3) is 3.63. The normalized spacial score (nSPS) is 17.4. The minimum Gasteiger partial charge on any atom is -0.381 e. The Kier molecular flexibility index (Phi) is 4.47. The molecule has 2 rings (SSSR count). The van der Waals surface area contributed by atoms with Crippen molar-refractivity contribution in [3.8, 4) is 0 Å². The van der Waals surface area contributed by atoms with Gasteiger partial charge in [0.2, 0.25) is 5.91 Å². The molecule has 0 aromatic carbocycles. The number of carbonyl (C=O) groups is 1. The van der Waals surface area contributed by atoms with Crippen molar-refractivity contribution in [3.63, 3.8) is 0 Å². The lowest BCUT2D eigenvalue weighted by Crippen LogP contribution is -2.36. The van der Waals surface area contributed by atoms with Crippen molar-refractivity contribution in [2.24, 2.45) is 0 Å². The summed E-state index contributed by atoms with van der Waals surface area (Å²) in [6, 6.07) is 0.309. The van der Waals surface area contributed by atoms with Crippen molar-refractivity contribution in [1.29, 1.82) is 0 Å². The van der Waals surface area contributed by atoms with E-state index in [9.17, 15) is 4.79 Å². The summed E-state index contributed by atoms with van der Waals surface area (Å²) in [4.78, 5) is 11.9. The number of halogens is 1. The zero-order valence-corrected chi connectivity index (χ0v) is 11.1. The fraction of sp³-hybridized carbons (Fsp3) is 0.667. The van der Waals surface area contributed by atoms with Gasteiger partial charge < -0.3 is 11.1 Å². The molecule has 0 spiro atoms. The number of rotatable bonds is 3. The van der Waals surface area contributed by atoms with Gasteiger partial charge in [0.25, 0.3) is 0 Å². The van der Waals surface area contributed by atoms with E-state index in [2.05, 4.69) is 10.4 Å². The van der Waals surface area contributed by atoms with E-state index in [1.54, 1.807) is 6.20 Å². The van der Waals surface area contributed by atoms with E-state index in [1.165, 1.54) is 30.4 Å². The first-order valence-electron chi connectivity index (χ1n) is 6.43. The zero-order valence-electron chi connectivity index (χ0n) is 10.4. The van der Waals surface area contributed by atoms with Gasteiger partial charge >= 0.3 is 0 Å². The Morgan fingerprint density at radius 1 is 1.44 bits per heavy atom. The van der Waals surface area contributed by atoms with Crippen LogP contribution >= 0.6 is 11.6 Å². The summed E-state index contributed by atoms with van der Waals surface area (Å²) in [6.07, 6.45) is 8.68. The minimum atomic E-state index is -0.0268. The van der Waals surface area contributed by atoms with Crippen molar-refractivity contribution >= 4 is 23.3 Å². The smallest absolute Gasteiger partial charge is 0.241 e. The Morgan fingerprint density at radius 3 is 2.67 bits per heavy atom. The number of hydrogen-bond donors (Lipinski definition) is 2. The number of nitrogens with two attached hydrogens (primary N) is 1. The van der Waals surface area contributed by atoms with E-state index in [1.807, 2.05) is 0 Å². The summed E-state index contributed by atoms with van der Waals surface area (Å²) < 4.78 is 1.48. The van der Waals surface area contributed by atoms with Crippen LogP contribution in [-0.4, -0.2) is 21.7 Å². The zero-order chi connectivity index (χ0) is 13.0. The summed E-state index contributed by atoms with van der Waals surface area (Å²) in [5.74, 6) is 0.236. The molecule has 0 saturated heterocycles. The van der Waals surface area contributed by atoms with Crippen LogP contribution in [0.2, 0.25) is 5.02 Å². The fourth-order valence-corrected chi connectivity index (χ4v) is 2.49. The van der Waals surface area contributed by atoms with Crippen LogP contribution in [0.1, 0.15) is 38.5 Å². The quantitative estimate of drug-likeness (QED) is 0.825. The number of nitrogens with zero attached hydrogens (tertiary/aromatic N) is 2. The molecule has 0 radical (unpaired) electrons. The van der Waals surface area contributed by atoms with Crippen LogP contribution in [0.25, 0.3) is 0 Å².